The Morgan fingerprint density at radius 1 is 1.13 bits per heavy atom. The fourth-order valence-corrected chi connectivity index (χ4v) is 4.26. The lowest BCUT2D eigenvalue weighted by Crippen LogP contribution is -2.43. The van der Waals surface area contributed by atoms with Gasteiger partial charge in [-0.25, -0.2) is 9.18 Å². The molecular formula is C28H34FN3O6. The summed E-state index contributed by atoms with van der Waals surface area (Å²) in [6.07, 6.45) is 1.08. The first-order valence-corrected chi connectivity index (χ1v) is 12.8. The van der Waals surface area contributed by atoms with E-state index in [1.54, 1.807) is 45.0 Å². The van der Waals surface area contributed by atoms with Crippen molar-refractivity contribution in [1.82, 2.24) is 4.90 Å². The van der Waals surface area contributed by atoms with Gasteiger partial charge in [0.05, 0.1) is 38.0 Å². The highest BCUT2D eigenvalue weighted by molar-refractivity contribution is 5.81. The molecule has 38 heavy (non-hydrogen) atoms. The molecule has 1 aliphatic rings. The summed E-state index contributed by atoms with van der Waals surface area (Å²) in [7, 11) is 0. The van der Waals surface area contributed by atoms with Crippen molar-refractivity contribution in [3.63, 3.8) is 0 Å². The summed E-state index contributed by atoms with van der Waals surface area (Å²) in [4.78, 5) is 26.8. The van der Waals surface area contributed by atoms with Crippen molar-refractivity contribution < 1.29 is 32.9 Å². The number of carbonyl (C=O) groups excluding carboxylic acids is 2. The van der Waals surface area contributed by atoms with Gasteiger partial charge in [-0.2, -0.15) is 5.26 Å². The minimum atomic E-state index is -1.20. The van der Waals surface area contributed by atoms with Crippen molar-refractivity contribution in [2.75, 3.05) is 44.8 Å². The monoisotopic (exact) mass is 527 g/mol. The van der Waals surface area contributed by atoms with E-state index < -0.39 is 17.8 Å². The molecule has 0 bridgehead atoms. The number of carbonyl (C=O) groups is 2. The molecule has 0 aromatic heterocycles. The van der Waals surface area contributed by atoms with Gasteiger partial charge >= 0.3 is 11.9 Å². The lowest BCUT2D eigenvalue weighted by Gasteiger charge is -2.32. The Labute approximate surface area is 222 Å². The number of nitrogens with zero attached hydrogens (tertiary/aromatic N) is 2. The number of anilines is 1. The number of likely N-dealkylation sites (tertiary alicyclic amines) is 1. The summed E-state index contributed by atoms with van der Waals surface area (Å²) in [5, 5.41) is 12.1. The van der Waals surface area contributed by atoms with Crippen molar-refractivity contribution in [2.24, 2.45) is 0 Å². The van der Waals surface area contributed by atoms with E-state index >= 15 is 4.39 Å². The summed E-state index contributed by atoms with van der Waals surface area (Å²) in [6, 6.07) is 10.2. The average molecular weight is 528 g/mol. The normalized spacial score (nSPS) is 16.1. The highest BCUT2D eigenvalue weighted by atomic mass is 19.1. The third-order valence-electron chi connectivity index (χ3n) is 5.92. The largest absolute Gasteiger partial charge is 0.494 e. The number of benzene rings is 2. The Hall–Kier alpha value is -3.84. The molecule has 1 heterocycles. The van der Waals surface area contributed by atoms with Gasteiger partial charge in [-0.15, -0.1) is 0 Å². The van der Waals surface area contributed by atoms with Crippen LogP contribution in [0, 0.1) is 17.1 Å². The number of esters is 2. The zero-order valence-electron chi connectivity index (χ0n) is 22.0. The summed E-state index contributed by atoms with van der Waals surface area (Å²) in [5.74, 6) is -1.41. The van der Waals surface area contributed by atoms with Crippen LogP contribution < -0.4 is 14.8 Å². The van der Waals surface area contributed by atoms with Gasteiger partial charge in [0.1, 0.15) is 11.9 Å². The molecular weight excluding hydrogens is 493 g/mol. The smallest absolute Gasteiger partial charge is 0.333 e. The van der Waals surface area contributed by atoms with Crippen LogP contribution in [0.1, 0.15) is 50.8 Å². The zero-order chi connectivity index (χ0) is 27.5. The number of halogens is 1. The van der Waals surface area contributed by atoms with Gasteiger partial charge in [0.15, 0.2) is 17.6 Å². The second-order valence-electron chi connectivity index (χ2n) is 8.70. The van der Waals surface area contributed by atoms with Crippen LogP contribution in [0.25, 0.3) is 0 Å². The van der Waals surface area contributed by atoms with E-state index in [1.165, 1.54) is 12.1 Å². The van der Waals surface area contributed by atoms with E-state index in [1.807, 2.05) is 11.0 Å². The first-order valence-electron chi connectivity index (χ1n) is 12.8. The van der Waals surface area contributed by atoms with E-state index in [4.69, 9.17) is 24.2 Å². The average Bonchev–Trinajstić information content (AvgIpc) is 2.90. The fourth-order valence-electron chi connectivity index (χ4n) is 4.26. The molecule has 0 aliphatic carbocycles. The SMILES string of the molecule is CCOC(=O)CN1CCCC(Oc2cc(OCC)cc(C(Nc3ccc(C#N)cc3)C(=O)OCC)c2F)C1. The number of nitriles is 1. The summed E-state index contributed by atoms with van der Waals surface area (Å²) in [6.45, 7) is 7.25. The van der Waals surface area contributed by atoms with Crippen LogP contribution in [0.3, 0.4) is 0 Å². The lowest BCUT2D eigenvalue weighted by molar-refractivity contribution is -0.145. The molecule has 1 fully saturated rings. The molecule has 1 saturated heterocycles. The van der Waals surface area contributed by atoms with E-state index in [2.05, 4.69) is 5.32 Å². The molecule has 2 aromatic carbocycles. The molecule has 3 rings (SSSR count). The van der Waals surface area contributed by atoms with Crippen molar-refractivity contribution in [2.45, 2.75) is 45.8 Å². The van der Waals surface area contributed by atoms with E-state index in [0.717, 1.165) is 6.42 Å². The summed E-state index contributed by atoms with van der Waals surface area (Å²) in [5.41, 5.74) is 0.966. The molecule has 0 spiro atoms. The first-order chi connectivity index (χ1) is 18.4. The number of hydrogen-bond donors (Lipinski definition) is 1. The molecule has 0 saturated carbocycles. The minimum Gasteiger partial charge on any atom is -0.494 e. The number of hydrogen-bond acceptors (Lipinski definition) is 9. The van der Waals surface area contributed by atoms with Crippen LogP contribution >= 0.6 is 0 Å². The van der Waals surface area contributed by atoms with Gasteiger partial charge in [0.25, 0.3) is 0 Å². The Balaban J connectivity index is 1.90. The Kier molecular flexibility index (Phi) is 10.7. The number of piperidine rings is 1. The molecule has 1 aliphatic heterocycles. The number of ether oxygens (including phenoxy) is 4. The molecule has 2 atom stereocenters. The highest BCUT2D eigenvalue weighted by Crippen LogP contribution is 2.35. The Morgan fingerprint density at radius 3 is 2.53 bits per heavy atom. The lowest BCUT2D eigenvalue weighted by atomic mass is 10.0. The van der Waals surface area contributed by atoms with Crippen LogP contribution in [-0.4, -0.2) is 62.4 Å². The quantitative estimate of drug-likeness (QED) is 0.406. The predicted molar refractivity (Wildman–Crippen MR) is 138 cm³/mol. The minimum absolute atomic E-state index is 0.00736. The molecule has 9 nitrogen and oxygen atoms in total. The van der Waals surface area contributed by atoms with Gasteiger partial charge in [-0.05, 0) is 70.5 Å². The molecule has 204 valence electrons. The van der Waals surface area contributed by atoms with Gasteiger partial charge in [0, 0.05) is 23.9 Å². The van der Waals surface area contributed by atoms with Crippen LogP contribution in [-0.2, 0) is 19.1 Å². The molecule has 1 N–H and O–H groups in total. The van der Waals surface area contributed by atoms with Crippen molar-refractivity contribution in [3.05, 3.63) is 53.3 Å². The summed E-state index contributed by atoms with van der Waals surface area (Å²) < 4.78 is 38.0. The topological polar surface area (TPSA) is 110 Å². The van der Waals surface area contributed by atoms with Crippen LogP contribution in [0.15, 0.2) is 36.4 Å². The molecule has 2 aromatic rings. The standard InChI is InChI=1S/C28H34FN3O6/c1-4-35-22-14-23(27(28(34)37-6-3)31-20-11-9-19(16-30)10-12-20)26(29)24(15-22)38-21-8-7-13-32(17-21)18-25(33)36-5-2/h9-12,14-15,21,27,31H,4-8,13,17-18H2,1-3H3. The van der Waals surface area contributed by atoms with E-state index in [9.17, 15) is 9.59 Å². The van der Waals surface area contributed by atoms with Gasteiger partial charge in [0.2, 0.25) is 0 Å². The number of rotatable bonds is 12. The number of nitrogens with one attached hydrogen (secondary N) is 1. The summed E-state index contributed by atoms with van der Waals surface area (Å²) >= 11 is 0. The zero-order valence-corrected chi connectivity index (χ0v) is 22.0. The maximum atomic E-state index is 16.0. The Bertz CT molecular complexity index is 1130. The second-order valence-corrected chi connectivity index (χ2v) is 8.70. The van der Waals surface area contributed by atoms with Crippen LogP contribution in [0.2, 0.25) is 0 Å². The maximum absolute atomic E-state index is 16.0. The molecule has 10 heteroatoms. The third kappa shape index (κ3) is 7.83. The van der Waals surface area contributed by atoms with Gasteiger partial charge in [-0.1, -0.05) is 0 Å². The maximum Gasteiger partial charge on any atom is 0.333 e. The highest BCUT2D eigenvalue weighted by Gasteiger charge is 2.30. The van der Waals surface area contributed by atoms with Crippen LogP contribution in [0.5, 0.6) is 11.5 Å². The van der Waals surface area contributed by atoms with Crippen molar-refractivity contribution in [1.29, 1.82) is 5.26 Å². The molecule has 2 unspecified atom stereocenters. The van der Waals surface area contributed by atoms with Gasteiger partial charge < -0.3 is 24.3 Å². The third-order valence-corrected chi connectivity index (χ3v) is 5.92. The first kappa shape index (κ1) is 28.7. The second kappa shape index (κ2) is 14.2. The predicted octanol–water partition coefficient (Wildman–Crippen LogP) is 4.22. The van der Waals surface area contributed by atoms with Gasteiger partial charge in [-0.3, -0.25) is 9.69 Å². The van der Waals surface area contributed by atoms with E-state index in [0.29, 0.717) is 49.7 Å². The fraction of sp³-hybridized carbons (Fsp3) is 0.464. The van der Waals surface area contributed by atoms with Crippen molar-refractivity contribution >= 4 is 17.6 Å². The Morgan fingerprint density at radius 2 is 1.87 bits per heavy atom. The van der Waals surface area contributed by atoms with E-state index in [-0.39, 0.29) is 36.5 Å². The molecule has 0 radical (unpaired) electrons. The molecule has 0 amide bonds. The van der Waals surface area contributed by atoms with Crippen LogP contribution in [0.4, 0.5) is 10.1 Å². The van der Waals surface area contributed by atoms with Crippen molar-refractivity contribution in [3.8, 4) is 17.6 Å².